The van der Waals surface area contributed by atoms with E-state index in [1.165, 1.54) is 24.3 Å². The third-order valence-electron chi connectivity index (χ3n) is 1.96. The Morgan fingerprint density at radius 3 is 2.64 bits per heavy atom. The number of benzene rings is 1. The first-order chi connectivity index (χ1) is 6.47. The van der Waals surface area contributed by atoms with Crippen molar-refractivity contribution in [3.8, 4) is 0 Å². The molecule has 0 saturated carbocycles. The molecule has 0 saturated heterocycles. The minimum absolute atomic E-state index is 0.109. The molecule has 0 atom stereocenters. The molecule has 1 aromatic heterocycles. The molecule has 0 spiro atoms. The first kappa shape index (κ1) is 9.21. The van der Waals surface area contributed by atoms with Crippen molar-refractivity contribution in [2.75, 3.05) is 6.26 Å². The van der Waals surface area contributed by atoms with Gasteiger partial charge in [0.15, 0.2) is 9.84 Å². The topological polar surface area (TPSA) is 49.9 Å². The molecule has 0 unspecified atom stereocenters. The van der Waals surface area contributed by atoms with Gasteiger partial charge >= 0.3 is 0 Å². The van der Waals surface area contributed by atoms with Crippen LogP contribution in [0.5, 0.6) is 0 Å². The average molecular weight is 213 g/mol. The maximum atomic E-state index is 12.8. The van der Waals surface area contributed by atoms with Crippen LogP contribution in [0.15, 0.2) is 29.3 Å². The second-order valence-corrected chi connectivity index (χ2v) is 5.12. The molecular weight excluding hydrogens is 205 g/mol. The van der Waals surface area contributed by atoms with Crippen LogP contribution in [-0.4, -0.2) is 19.7 Å². The SMILES string of the molecule is CS(=O)(=O)c1cc2ccc(F)cc2[nH]1. The lowest BCUT2D eigenvalue weighted by molar-refractivity contribution is 0.599. The van der Waals surface area contributed by atoms with E-state index in [1.807, 2.05) is 0 Å². The van der Waals surface area contributed by atoms with Gasteiger partial charge in [-0.1, -0.05) is 0 Å². The van der Waals surface area contributed by atoms with E-state index in [2.05, 4.69) is 4.98 Å². The van der Waals surface area contributed by atoms with Crippen LogP contribution < -0.4 is 0 Å². The second kappa shape index (κ2) is 2.81. The third-order valence-corrected chi connectivity index (χ3v) is 2.98. The highest BCUT2D eigenvalue weighted by molar-refractivity contribution is 7.90. The minimum Gasteiger partial charge on any atom is -0.346 e. The van der Waals surface area contributed by atoms with Crippen molar-refractivity contribution in [3.63, 3.8) is 0 Å². The van der Waals surface area contributed by atoms with Gasteiger partial charge in [0.1, 0.15) is 10.8 Å². The number of H-pyrrole nitrogens is 1. The van der Waals surface area contributed by atoms with Gasteiger partial charge in [0.25, 0.3) is 0 Å². The highest BCUT2D eigenvalue weighted by Gasteiger charge is 2.10. The van der Waals surface area contributed by atoms with Gasteiger partial charge in [-0.2, -0.15) is 0 Å². The number of halogens is 1. The summed E-state index contributed by atoms with van der Waals surface area (Å²) in [4.78, 5) is 2.65. The van der Waals surface area contributed by atoms with Crippen molar-refractivity contribution in [3.05, 3.63) is 30.1 Å². The summed E-state index contributed by atoms with van der Waals surface area (Å²) in [6.07, 6.45) is 1.11. The Labute approximate surface area is 80.5 Å². The quantitative estimate of drug-likeness (QED) is 0.784. The van der Waals surface area contributed by atoms with Crippen LogP contribution in [-0.2, 0) is 9.84 Å². The molecule has 1 aromatic carbocycles. The van der Waals surface area contributed by atoms with Crippen LogP contribution in [0.1, 0.15) is 0 Å². The summed E-state index contributed by atoms with van der Waals surface area (Å²) in [6, 6.07) is 5.59. The van der Waals surface area contributed by atoms with Crippen LogP contribution in [0.4, 0.5) is 4.39 Å². The zero-order valence-corrected chi connectivity index (χ0v) is 8.23. The maximum Gasteiger partial charge on any atom is 0.190 e. The van der Waals surface area contributed by atoms with Gasteiger partial charge in [-0.25, -0.2) is 12.8 Å². The molecule has 2 rings (SSSR count). The number of aromatic nitrogens is 1. The van der Waals surface area contributed by atoms with Gasteiger partial charge in [-0.15, -0.1) is 0 Å². The predicted molar refractivity (Wildman–Crippen MR) is 51.4 cm³/mol. The Morgan fingerprint density at radius 1 is 1.29 bits per heavy atom. The molecule has 0 aliphatic heterocycles. The van der Waals surface area contributed by atoms with Gasteiger partial charge in [-0.05, 0) is 24.3 Å². The number of nitrogens with one attached hydrogen (secondary N) is 1. The predicted octanol–water partition coefficient (Wildman–Crippen LogP) is 1.71. The van der Waals surface area contributed by atoms with Gasteiger partial charge in [0, 0.05) is 17.2 Å². The standard InChI is InChI=1S/C9H8FNO2S/c1-14(12,13)9-4-6-2-3-7(10)5-8(6)11-9/h2-5,11H,1H3. The van der Waals surface area contributed by atoms with E-state index in [4.69, 9.17) is 0 Å². The molecular formula is C9H8FNO2S. The summed E-state index contributed by atoms with van der Waals surface area (Å²) >= 11 is 0. The Bertz CT molecular complexity index is 586. The van der Waals surface area contributed by atoms with Crippen molar-refractivity contribution >= 4 is 20.7 Å². The van der Waals surface area contributed by atoms with Crippen molar-refractivity contribution in [2.24, 2.45) is 0 Å². The van der Waals surface area contributed by atoms with E-state index in [9.17, 15) is 12.8 Å². The van der Waals surface area contributed by atoms with Crippen LogP contribution in [0.3, 0.4) is 0 Å². The van der Waals surface area contributed by atoms with E-state index in [0.717, 1.165) is 6.26 Å². The third kappa shape index (κ3) is 1.50. The molecule has 5 heteroatoms. The fourth-order valence-electron chi connectivity index (χ4n) is 1.27. The number of fused-ring (bicyclic) bond motifs is 1. The van der Waals surface area contributed by atoms with E-state index < -0.39 is 9.84 Å². The molecule has 3 nitrogen and oxygen atoms in total. The van der Waals surface area contributed by atoms with E-state index in [0.29, 0.717) is 10.9 Å². The number of hydrogen-bond acceptors (Lipinski definition) is 2. The average Bonchev–Trinajstić information content (AvgIpc) is 2.45. The van der Waals surface area contributed by atoms with Crippen molar-refractivity contribution in [1.82, 2.24) is 4.98 Å². The van der Waals surface area contributed by atoms with E-state index in [1.54, 1.807) is 0 Å². The Kier molecular flexibility index (Phi) is 1.85. The molecule has 74 valence electrons. The molecule has 1 heterocycles. The van der Waals surface area contributed by atoms with Crippen LogP contribution >= 0.6 is 0 Å². The zero-order chi connectivity index (χ0) is 10.3. The van der Waals surface area contributed by atoms with Gasteiger partial charge < -0.3 is 4.98 Å². The van der Waals surface area contributed by atoms with Crippen molar-refractivity contribution in [2.45, 2.75) is 5.03 Å². The summed E-state index contributed by atoms with van der Waals surface area (Å²) in [6.45, 7) is 0. The highest BCUT2D eigenvalue weighted by Crippen LogP contribution is 2.19. The smallest absolute Gasteiger partial charge is 0.190 e. The van der Waals surface area contributed by atoms with Crippen LogP contribution in [0, 0.1) is 5.82 Å². The lowest BCUT2D eigenvalue weighted by Gasteiger charge is -1.89. The first-order valence-electron chi connectivity index (χ1n) is 3.95. The van der Waals surface area contributed by atoms with E-state index in [-0.39, 0.29) is 10.8 Å². The molecule has 2 aromatic rings. The van der Waals surface area contributed by atoms with E-state index >= 15 is 0 Å². The van der Waals surface area contributed by atoms with Crippen molar-refractivity contribution in [1.29, 1.82) is 0 Å². The second-order valence-electron chi connectivity index (χ2n) is 3.14. The van der Waals surface area contributed by atoms with Crippen molar-refractivity contribution < 1.29 is 12.8 Å². The summed E-state index contributed by atoms with van der Waals surface area (Å²) in [5.41, 5.74) is 0.491. The van der Waals surface area contributed by atoms with Gasteiger partial charge in [-0.3, -0.25) is 0 Å². The van der Waals surface area contributed by atoms with Crippen LogP contribution in [0.25, 0.3) is 10.9 Å². The Morgan fingerprint density at radius 2 is 2.00 bits per heavy atom. The lowest BCUT2D eigenvalue weighted by Crippen LogP contribution is -1.96. The molecule has 0 aliphatic rings. The number of rotatable bonds is 1. The molecule has 1 N–H and O–H groups in total. The number of aromatic amines is 1. The molecule has 14 heavy (non-hydrogen) atoms. The largest absolute Gasteiger partial charge is 0.346 e. The van der Waals surface area contributed by atoms with Gasteiger partial charge in [0.05, 0.1) is 0 Å². The minimum atomic E-state index is -3.26. The Hall–Kier alpha value is -1.36. The molecule has 0 radical (unpaired) electrons. The normalized spacial score (nSPS) is 12.1. The fourth-order valence-corrected chi connectivity index (χ4v) is 1.91. The number of hydrogen-bond donors (Lipinski definition) is 1. The molecule has 0 fully saturated rings. The first-order valence-corrected chi connectivity index (χ1v) is 5.84. The summed E-state index contributed by atoms with van der Waals surface area (Å²) in [5, 5.41) is 0.796. The summed E-state index contributed by atoms with van der Waals surface area (Å²) in [5.74, 6) is -0.389. The zero-order valence-electron chi connectivity index (χ0n) is 7.41. The number of sulfone groups is 1. The maximum absolute atomic E-state index is 12.8. The van der Waals surface area contributed by atoms with Gasteiger partial charge in [0.2, 0.25) is 0 Å². The Balaban J connectivity index is 2.75. The molecule has 0 bridgehead atoms. The van der Waals surface area contributed by atoms with Crippen LogP contribution in [0.2, 0.25) is 0 Å². The highest BCUT2D eigenvalue weighted by atomic mass is 32.2. The molecule has 0 aliphatic carbocycles. The summed E-state index contributed by atoms with van der Waals surface area (Å²) in [7, 11) is -3.26. The molecule has 0 amide bonds. The summed E-state index contributed by atoms with van der Waals surface area (Å²) < 4.78 is 35.1. The fraction of sp³-hybridized carbons (Fsp3) is 0.111. The lowest BCUT2D eigenvalue weighted by atomic mass is 10.2. The monoisotopic (exact) mass is 213 g/mol.